The second-order valence-electron chi connectivity index (χ2n) is 6.06. The minimum absolute atomic E-state index is 0.375. The summed E-state index contributed by atoms with van der Waals surface area (Å²) in [6.45, 7) is 5.88. The molecule has 2 aliphatic rings. The number of rotatable bonds is 5. The lowest BCUT2D eigenvalue weighted by Gasteiger charge is -2.35. The second kappa shape index (κ2) is 7.04. The summed E-state index contributed by atoms with van der Waals surface area (Å²) in [6.07, 6.45) is 6.62. The van der Waals surface area contributed by atoms with Gasteiger partial charge in [0.05, 0.1) is 11.5 Å². The molecule has 0 bridgehead atoms. The Morgan fingerprint density at radius 3 is 2.21 bits per heavy atom. The highest BCUT2D eigenvalue weighted by molar-refractivity contribution is 7.91. The number of piperidine rings is 1. The maximum absolute atomic E-state index is 11.4. The van der Waals surface area contributed by atoms with E-state index >= 15 is 0 Å². The molecule has 0 spiro atoms. The van der Waals surface area contributed by atoms with Crippen molar-refractivity contribution in [1.82, 2.24) is 10.2 Å². The molecule has 0 aromatic heterocycles. The second-order valence-corrected chi connectivity index (χ2v) is 8.37. The third-order valence-corrected chi connectivity index (χ3v) is 6.16. The largest absolute Gasteiger partial charge is 0.311 e. The first-order valence-corrected chi connectivity index (χ1v) is 9.60. The van der Waals surface area contributed by atoms with E-state index in [9.17, 15) is 8.42 Å². The molecule has 0 aliphatic carbocycles. The Morgan fingerprint density at radius 2 is 1.63 bits per heavy atom. The SMILES string of the molecule is CCCCN1CCC(NC2CCS(=O)(=O)CC2)CC1. The smallest absolute Gasteiger partial charge is 0.150 e. The molecule has 0 atom stereocenters. The van der Waals surface area contributed by atoms with E-state index in [1.807, 2.05) is 0 Å². The average molecular weight is 288 g/mol. The Hall–Kier alpha value is -0.130. The van der Waals surface area contributed by atoms with Crippen LogP contribution in [0.25, 0.3) is 0 Å². The van der Waals surface area contributed by atoms with Crippen molar-refractivity contribution in [2.75, 3.05) is 31.1 Å². The number of hydrogen-bond donors (Lipinski definition) is 1. The summed E-state index contributed by atoms with van der Waals surface area (Å²) in [5.41, 5.74) is 0. The van der Waals surface area contributed by atoms with Crippen LogP contribution in [0.3, 0.4) is 0 Å². The molecular formula is C14H28N2O2S. The van der Waals surface area contributed by atoms with Crippen molar-refractivity contribution in [3.8, 4) is 0 Å². The minimum Gasteiger partial charge on any atom is -0.311 e. The van der Waals surface area contributed by atoms with Crippen molar-refractivity contribution in [2.45, 2.75) is 57.5 Å². The van der Waals surface area contributed by atoms with Crippen LogP contribution in [0, 0.1) is 0 Å². The molecule has 2 rings (SSSR count). The fourth-order valence-corrected chi connectivity index (χ4v) is 4.59. The summed E-state index contributed by atoms with van der Waals surface area (Å²) < 4.78 is 22.8. The van der Waals surface area contributed by atoms with E-state index in [0.717, 1.165) is 12.8 Å². The molecule has 2 heterocycles. The zero-order valence-electron chi connectivity index (χ0n) is 12.1. The van der Waals surface area contributed by atoms with Gasteiger partial charge in [0.25, 0.3) is 0 Å². The predicted octanol–water partition coefficient (Wildman–Crippen LogP) is 1.42. The van der Waals surface area contributed by atoms with Gasteiger partial charge in [-0.25, -0.2) is 8.42 Å². The third-order valence-electron chi connectivity index (χ3n) is 4.44. The summed E-state index contributed by atoms with van der Waals surface area (Å²) in [5.74, 6) is 0.750. The maximum Gasteiger partial charge on any atom is 0.150 e. The Balaban J connectivity index is 1.66. The first-order chi connectivity index (χ1) is 9.09. The summed E-state index contributed by atoms with van der Waals surface area (Å²) in [6, 6.07) is 1.03. The van der Waals surface area contributed by atoms with Crippen LogP contribution in [0.4, 0.5) is 0 Å². The molecule has 0 aromatic carbocycles. The van der Waals surface area contributed by atoms with Gasteiger partial charge < -0.3 is 10.2 Å². The highest BCUT2D eigenvalue weighted by Gasteiger charge is 2.26. The molecule has 1 N–H and O–H groups in total. The van der Waals surface area contributed by atoms with Crippen molar-refractivity contribution in [3.05, 3.63) is 0 Å². The first-order valence-electron chi connectivity index (χ1n) is 7.78. The van der Waals surface area contributed by atoms with Crippen molar-refractivity contribution in [3.63, 3.8) is 0 Å². The summed E-state index contributed by atoms with van der Waals surface area (Å²) >= 11 is 0. The van der Waals surface area contributed by atoms with Gasteiger partial charge in [-0.3, -0.25) is 0 Å². The van der Waals surface area contributed by atoms with E-state index in [4.69, 9.17) is 0 Å². The molecule has 0 saturated carbocycles. The van der Waals surface area contributed by atoms with E-state index in [1.165, 1.54) is 45.3 Å². The zero-order chi connectivity index (χ0) is 13.7. The molecule has 112 valence electrons. The molecule has 2 saturated heterocycles. The third kappa shape index (κ3) is 5.04. The van der Waals surface area contributed by atoms with E-state index in [1.54, 1.807) is 0 Å². The van der Waals surface area contributed by atoms with Gasteiger partial charge in [-0.05, 0) is 51.7 Å². The van der Waals surface area contributed by atoms with Gasteiger partial charge in [0.2, 0.25) is 0 Å². The lowest BCUT2D eigenvalue weighted by atomic mass is 10.0. The van der Waals surface area contributed by atoms with Crippen molar-refractivity contribution in [2.24, 2.45) is 0 Å². The first kappa shape index (κ1) is 15.3. The molecule has 0 radical (unpaired) electrons. The predicted molar refractivity (Wildman–Crippen MR) is 79.2 cm³/mol. The van der Waals surface area contributed by atoms with Crippen LogP contribution < -0.4 is 5.32 Å². The monoisotopic (exact) mass is 288 g/mol. The molecule has 5 heteroatoms. The van der Waals surface area contributed by atoms with Crippen LogP contribution >= 0.6 is 0 Å². The Labute approximate surface area is 117 Å². The van der Waals surface area contributed by atoms with E-state index in [0.29, 0.717) is 23.6 Å². The van der Waals surface area contributed by atoms with E-state index < -0.39 is 9.84 Å². The molecule has 0 aromatic rings. The van der Waals surface area contributed by atoms with Gasteiger partial charge in [-0.1, -0.05) is 13.3 Å². The fraction of sp³-hybridized carbons (Fsp3) is 1.00. The fourth-order valence-electron chi connectivity index (χ4n) is 3.09. The van der Waals surface area contributed by atoms with Crippen LogP contribution in [0.2, 0.25) is 0 Å². The molecular weight excluding hydrogens is 260 g/mol. The summed E-state index contributed by atoms with van der Waals surface area (Å²) in [7, 11) is -2.72. The van der Waals surface area contributed by atoms with Crippen LogP contribution in [0.5, 0.6) is 0 Å². The molecule has 2 fully saturated rings. The quantitative estimate of drug-likeness (QED) is 0.831. The van der Waals surface area contributed by atoms with Gasteiger partial charge >= 0.3 is 0 Å². The van der Waals surface area contributed by atoms with Crippen LogP contribution in [0.15, 0.2) is 0 Å². The van der Waals surface area contributed by atoms with E-state index in [2.05, 4.69) is 17.1 Å². The van der Waals surface area contributed by atoms with Gasteiger partial charge in [0.1, 0.15) is 9.84 Å². The summed E-state index contributed by atoms with van der Waals surface area (Å²) in [5, 5.41) is 3.68. The van der Waals surface area contributed by atoms with Crippen LogP contribution in [-0.2, 0) is 9.84 Å². The lowest BCUT2D eigenvalue weighted by molar-refractivity contribution is 0.187. The number of hydrogen-bond acceptors (Lipinski definition) is 4. The average Bonchev–Trinajstić information content (AvgIpc) is 2.40. The highest BCUT2D eigenvalue weighted by atomic mass is 32.2. The number of nitrogens with zero attached hydrogens (tertiary/aromatic N) is 1. The number of unbranched alkanes of at least 4 members (excludes halogenated alkanes) is 1. The molecule has 2 aliphatic heterocycles. The molecule has 0 amide bonds. The van der Waals surface area contributed by atoms with E-state index in [-0.39, 0.29) is 0 Å². The Kier molecular flexibility index (Phi) is 5.66. The maximum atomic E-state index is 11.4. The van der Waals surface area contributed by atoms with Gasteiger partial charge in [0, 0.05) is 12.1 Å². The van der Waals surface area contributed by atoms with Gasteiger partial charge in [-0.15, -0.1) is 0 Å². The summed E-state index contributed by atoms with van der Waals surface area (Å²) in [4.78, 5) is 2.56. The van der Waals surface area contributed by atoms with Crippen LogP contribution in [-0.4, -0.2) is 56.5 Å². The zero-order valence-corrected chi connectivity index (χ0v) is 12.9. The standard InChI is InChI=1S/C14H28N2O2S/c1-2-3-8-16-9-4-13(5-10-16)15-14-6-11-19(17,18)12-7-14/h13-15H,2-12H2,1H3. The number of sulfone groups is 1. The normalized spacial score (nSPS) is 26.6. The molecule has 0 unspecified atom stereocenters. The number of likely N-dealkylation sites (tertiary alicyclic amines) is 1. The Morgan fingerprint density at radius 1 is 1.05 bits per heavy atom. The van der Waals surface area contributed by atoms with Crippen molar-refractivity contribution < 1.29 is 8.42 Å². The van der Waals surface area contributed by atoms with Crippen molar-refractivity contribution in [1.29, 1.82) is 0 Å². The Bertz CT molecular complexity index is 348. The van der Waals surface area contributed by atoms with Gasteiger partial charge in [0.15, 0.2) is 0 Å². The molecule has 19 heavy (non-hydrogen) atoms. The van der Waals surface area contributed by atoms with Gasteiger partial charge in [-0.2, -0.15) is 0 Å². The lowest BCUT2D eigenvalue weighted by Crippen LogP contribution is -2.48. The van der Waals surface area contributed by atoms with Crippen LogP contribution in [0.1, 0.15) is 45.4 Å². The highest BCUT2D eigenvalue weighted by Crippen LogP contribution is 2.17. The number of nitrogens with one attached hydrogen (secondary N) is 1. The van der Waals surface area contributed by atoms with Crippen molar-refractivity contribution >= 4 is 9.84 Å². The minimum atomic E-state index is -2.72. The molecule has 4 nitrogen and oxygen atoms in total. The topological polar surface area (TPSA) is 49.4 Å².